The minimum absolute atomic E-state index is 0.00563. The molecule has 2 aromatic carbocycles. The molecule has 2 atom stereocenters. The molecular weight excluding hydrogens is 1410 g/mol. The first kappa shape index (κ1) is 91.5. The predicted octanol–water partition coefficient (Wildman–Crippen LogP) is 2.01. The number of ketones is 1. The van der Waals surface area contributed by atoms with Gasteiger partial charge in [0.2, 0.25) is 0 Å². The number of carboxylic acid groups (broad SMARTS) is 5. The van der Waals surface area contributed by atoms with Crippen molar-refractivity contribution in [1.82, 2.24) is 40.0 Å². The maximum absolute atomic E-state index is 12.0. The SMILES string of the molecule is CC(=O)CN1CCN(CC(=O)O)CCCC(Cc2ccc(NC(=S)NCCOCCOCCOCCOCCOCCOCCOCCOCCOCCOCCOCCNC(=S)Nc3ccc(CC4CN(CC(=O)O)CCN(CC(=O)O)CCCCCN4CC(=O)O)cc3)cc2)CN(CC(=O)O)CC1. The summed E-state index contributed by atoms with van der Waals surface area (Å²) < 4.78 is 61.5. The summed E-state index contributed by atoms with van der Waals surface area (Å²) >= 11 is 11.0. The molecule has 2 fully saturated rings. The van der Waals surface area contributed by atoms with Gasteiger partial charge in [-0.15, -0.1) is 0 Å². The van der Waals surface area contributed by atoms with E-state index in [0.29, 0.717) is 247 Å². The van der Waals surface area contributed by atoms with Gasteiger partial charge in [0, 0.05) is 82.9 Å². The second-order valence-corrected chi connectivity index (χ2v) is 26.3. The number of nitrogens with one attached hydrogen (secondary N) is 4. The van der Waals surface area contributed by atoms with Crippen molar-refractivity contribution in [3.8, 4) is 0 Å². The molecule has 0 spiro atoms. The summed E-state index contributed by atoms with van der Waals surface area (Å²) in [6.45, 7) is 16.9. The highest BCUT2D eigenvalue weighted by molar-refractivity contribution is 7.80. The Bertz CT molecular complexity index is 2710. The number of thiocarbonyl (C=S) groups is 2. The Hall–Kier alpha value is -5.84. The third kappa shape index (κ3) is 49.7. The van der Waals surface area contributed by atoms with Crippen LogP contribution in [0.15, 0.2) is 48.5 Å². The standard InChI is InChI=1S/C71H118N10O22S2/c1-58(82)50-78-21-20-77(54-66(85)86)18-5-6-61(51-79(24-23-78)55-67(87)88)48-59-7-11-62(12-8-59)74-70(104)72-15-26-93-28-30-95-32-34-97-36-38-99-40-42-101-44-46-103-47-45-102-43-41-100-39-37-98-35-33-96-31-29-94-27-16-73-71(105)75-63-13-9-60(10-14-63)49-64-52-80(56-68(89)90)25-22-76(53-65(83)84)17-3-2-4-19-81(64)57-69(91)92/h7-14,61,64H,2-6,15-57H2,1H3,(H,83,84)(H,85,86)(H,87,88)(H,89,90)(H,91,92)(H2,72,74,104)(H2,73,75,105). The topological polar surface area (TPSA) is 373 Å². The van der Waals surface area contributed by atoms with Crippen LogP contribution in [-0.4, -0.2) is 377 Å². The maximum Gasteiger partial charge on any atom is 0.317 e. The van der Waals surface area contributed by atoms with Crippen molar-refractivity contribution in [2.45, 2.75) is 57.9 Å². The molecule has 0 amide bonds. The number of hydrogen-bond acceptors (Lipinski definition) is 25. The lowest BCUT2D eigenvalue weighted by Crippen LogP contribution is -2.50. The molecule has 32 nitrogen and oxygen atoms in total. The number of anilines is 2. The van der Waals surface area contributed by atoms with E-state index in [1.54, 1.807) is 4.90 Å². The minimum atomic E-state index is -1.01. The molecule has 2 aliphatic heterocycles. The number of carboxylic acids is 5. The van der Waals surface area contributed by atoms with E-state index < -0.39 is 29.8 Å². The van der Waals surface area contributed by atoms with Crippen LogP contribution in [0, 0.1) is 5.92 Å². The monoisotopic (exact) mass is 1530 g/mol. The van der Waals surface area contributed by atoms with Crippen LogP contribution in [0.5, 0.6) is 0 Å². The van der Waals surface area contributed by atoms with Gasteiger partial charge in [0.25, 0.3) is 0 Å². The molecule has 4 rings (SSSR count). The first-order chi connectivity index (χ1) is 50.9. The Kier molecular flexibility index (Phi) is 51.6. The maximum atomic E-state index is 12.0. The summed E-state index contributed by atoms with van der Waals surface area (Å²) in [5.74, 6) is -4.56. The summed E-state index contributed by atoms with van der Waals surface area (Å²) in [5.41, 5.74) is 3.62. The number of Topliss-reactive ketones (excluding diaryl/α,β-unsaturated/α-hetero) is 1. The number of aliphatic carboxylic acids is 5. The number of benzene rings is 2. The van der Waals surface area contributed by atoms with Crippen LogP contribution in [0.1, 0.15) is 50.2 Å². The van der Waals surface area contributed by atoms with E-state index in [2.05, 4.69) is 21.3 Å². The highest BCUT2D eigenvalue weighted by Crippen LogP contribution is 2.21. The van der Waals surface area contributed by atoms with E-state index in [9.17, 15) is 54.3 Å². The highest BCUT2D eigenvalue weighted by Gasteiger charge is 2.27. The number of carbonyl (C=O) groups is 6. The van der Waals surface area contributed by atoms with Crippen LogP contribution in [0.2, 0.25) is 0 Å². The van der Waals surface area contributed by atoms with Gasteiger partial charge in [0.1, 0.15) is 5.78 Å². The third-order valence-corrected chi connectivity index (χ3v) is 17.1. The Morgan fingerprint density at radius 1 is 0.362 bits per heavy atom. The Morgan fingerprint density at radius 2 is 0.667 bits per heavy atom. The summed E-state index contributed by atoms with van der Waals surface area (Å²) in [6, 6.07) is 15.3. The van der Waals surface area contributed by atoms with Crippen LogP contribution in [0.25, 0.3) is 0 Å². The molecule has 0 radical (unpaired) electrons. The lowest BCUT2D eigenvalue weighted by molar-refractivity contribution is -0.141. The van der Waals surface area contributed by atoms with Gasteiger partial charge in [-0.25, -0.2) is 0 Å². The zero-order valence-corrected chi connectivity index (χ0v) is 63.0. The lowest BCUT2D eigenvalue weighted by atomic mass is 9.93. The minimum Gasteiger partial charge on any atom is -0.480 e. The Balaban J connectivity index is 0.868. The van der Waals surface area contributed by atoms with Crippen LogP contribution in [0.4, 0.5) is 11.4 Å². The van der Waals surface area contributed by atoms with Gasteiger partial charge < -0.3 is 98.9 Å². The molecule has 2 unspecified atom stereocenters. The normalized spacial score (nSPS) is 17.0. The Morgan fingerprint density at radius 3 is 1.03 bits per heavy atom. The van der Waals surface area contributed by atoms with E-state index >= 15 is 0 Å². The highest BCUT2D eigenvalue weighted by atomic mass is 32.1. The van der Waals surface area contributed by atoms with E-state index in [1.165, 1.54) is 6.92 Å². The fourth-order valence-corrected chi connectivity index (χ4v) is 12.1. The molecular formula is C71H118N10O22S2. The molecule has 2 saturated heterocycles. The predicted molar refractivity (Wildman–Crippen MR) is 401 cm³/mol. The van der Waals surface area contributed by atoms with Crippen molar-refractivity contribution in [2.24, 2.45) is 5.92 Å². The van der Waals surface area contributed by atoms with Crippen molar-refractivity contribution in [3.05, 3.63) is 59.7 Å². The summed E-state index contributed by atoms with van der Waals surface area (Å²) in [5, 5.41) is 61.6. The molecule has 596 valence electrons. The van der Waals surface area contributed by atoms with Gasteiger partial charge in [-0.3, -0.25) is 58.2 Å². The van der Waals surface area contributed by atoms with Gasteiger partial charge in [0.15, 0.2) is 10.2 Å². The van der Waals surface area contributed by atoms with E-state index in [1.807, 2.05) is 73.0 Å². The van der Waals surface area contributed by atoms with Crippen molar-refractivity contribution in [2.75, 3.05) is 280 Å². The molecule has 0 aromatic heterocycles. The van der Waals surface area contributed by atoms with Gasteiger partial charge in [-0.05, 0) is 131 Å². The van der Waals surface area contributed by atoms with Crippen LogP contribution >= 0.6 is 24.4 Å². The van der Waals surface area contributed by atoms with Gasteiger partial charge in [-0.1, -0.05) is 30.7 Å². The summed E-state index contributed by atoms with van der Waals surface area (Å²) in [6.07, 6.45) is 5.07. The molecule has 2 aromatic rings. The molecule has 0 bridgehead atoms. The first-order valence-electron chi connectivity index (χ1n) is 36.5. The summed E-state index contributed by atoms with van der Waals surface area (Å²) in [7, 11) is 0. The number of hydrogen-bond donors (Lipinski definition) is 9. The quantitative estimate of drug-likeness (QED) is 0.0338. The molecule has 0 aliphatic carbocycles. The number of nitrogens with zero attached hydrogens (tertiary/aromatic N) is 6. The van der Waals surface area contributed by atoms with Crippen molar-refractivity contribution in [3.63, 3.8) is 0 Å². The van der Waals surface area contributed by atoms with Gasteiger partial charge in [-0.2, -0.15) is 0 Å². The average Bonchev–Trinajstić information content (AvgIpc) is 0.918. The first-order valence-corrected chi connectivity index (χ1v) is 37.3. The van der Waals surface area contributed by atoms with E-state index in [-0.39, 0.29) is 57.0 Å². The number of ether oxygens (including phenoxy) is 11. The number of rotatable bonds is 54. The van der Waals surface area contributed by atoms with E-state index in [0.717, 1.165) is 61.0 Å². The largest absolute Gasteiger partial charge is 0.480 e. The average molecular weight is 1530 g/mol. The molecule has 0 saturated carbocycles. The molecule has 34 heteroatoms. The lowest BCUT2D eigenvalue weighted by Gasteiger charge is -2.36. The molecule has 2 heterocycles. The zero-order valence-electron chi connectivity index (χ0n) is 61.4. The molecule has 9 N–H and O–H groups in total. The second-order valence-electron chi connectivity index (χ2n) is 25.5. The molecule has 2 aliphatic rings. The second kappa shape index (κ2) is 59.2. The Labute approximate surface area is 629 Å². The molecule has 105 heavy (non-hydrogen) atoms. The number of carbonyl (C=O) groups excluding carboxylic acids is 1. The fraction of sp³-hybridized carbons (Fsp3) is 0.718. The van der Waals surface area contributed by atoms with Crippen LogP contribution < -0.4 is 21.3 Å². The third-order valence-electron chi connectivity index (χ3n) is 16.6. The zero-order chi connectivity index (χ0) is 75.8. The van der Waals surface area contributed by atoms with Crippen LogP contribution in [-0.2, 0) is 93.7 Å². The van der Waals surface area contributed by atoms with Crippen molar-refractivity contribution >= 4 is 81.7 Å². The fourth-order valence-electron chi connectivity index (χ4n) is 11.6. The smallest absolute Gasteiger partial charge is 0.317 e. The summed E-state index contributed by atoms with van der Waals surface area (Å²) in [4.78, 5) is 82.1. The van der Waals surface area contributed by atoms with E-state index in [4.69, 9.17) is 76.5 Å². The van der Waals surface area contributed by atoms with Crippen LogP contribution in [0.3, 0.4) is 0 Å². The van der Waals surface area contributed by atoms with Gasteiger partial charge in [0.05, 0.1) is 185 Å². The van der Waals surface area contributed by atoms with Gasteiger partial charge >= 0.3 is 29.8 Å². The van der Waals surface area contributed by atoms with Crippen molar-refractivity contribution < 1.29 is 106 Å². The van der Waals surface area contributed by atoms with Crippen molar-refractivity contribution in [1.29, 1.82) is 0 Å².